The fraction of sp³-hybridized carbons (Fsp3) is 0.0769. The van der Waals surface area contributed by atoms with Gasteiger partial charge in [0, 0.05) is 18.8 Å². The van der Waals surface area contributed by atoms with E-state index in [9.17, 15) is 10.1 Å². The van der Waals surface area contributed by atoms with E-state index in [0.29, 0.717) is 11.4 Å². The number of nitriles is 1. The lowest BCUT2D eigenvalue weighted by atomic mass is 10.2. The third-order valence-electron chi connectivity index (χ3n) is 2.65. The van der Waals surface area contributed by atoms with Gasteiger partial charge in [0.05, 0.1) is 16.6 Å². The van der Waals surface area contributed by atoms with Crippen LogP contribution in [0.15, 0.2) is 42.6 Å². The molecule has 0 aliphatic carbocycles. The zero-order chi connectivity index (χ0) is 13.8. The lowest BCUT2D eigenvalue weighted by molar-refractivity contribution is -0.385. The molecule has 2 aromatic rings. The van der Waals surface area contributed by atoms with E-state index < -0.39 is 4.92 Å². The predicted molar refractivity (Wildman–Crippen MR) is 70.1 cm³/mol. The van der Waals surface area contributed by atoms with Crippen LogP contribution in [0.3, 0.4) is 0 Å². The molecule has 19 heavy (non-hydrogen) atoms. The van der Waals surface area contributed by atoms with E-state index in [2.05, 4.69) is 11.1 Å². The van der Waals surface area contributed by atoms with Crippen molar-refractivity contribution in [2.75, 3.05) is 11.9 Å². The molecule has 0 spiro atoms. The number of hydrogen-bond acceptors (Lipinski definition) is 5. The van der Waals surface area contributed by atoms with Crippen molar-refractivity contribution < 1.29 is 4.92 Å². The number of anilines is 2. The standard InChI is InChI=1S/C13H10N4O2/c1-16(11-4-2-3-10(7-11)8-14)13-6-5-12(9-15-13)17(18)19/h2-7,9H,1H3. The molecular weight excluding hydrogens is 244 g/mol. The summed E-state index contributed by atoms with van der Waals surface area (Å²) >= 11 is 0. The highest BCUT2D eigenvalue weighted by atomic mass is 16.6. The Hall–Kier alpha value is -2.94. The number of nitrogens with zero attached hydrogens (tertiary/aromatic N) is 4. The Balaban J connectivity index is 2.30. The molecule has 0 N–H and O–H groups in total. The highest BCUT2D eigenvalue weighted by molar-refractivity contribution is 5.61. The molecule has 1 heterocycles. The van der Waals surface area contributed by atoms with Gasteiger partial charge >= 0.3 is 0 Å². The van der Waals surface area contributed by atoms with Crippen molar-refractivity contribution in [2.24, 2.45) is 0 Å². The van der Waals surface area contributed by atoms with Crippen molar-refractivity contribution in [3.63, 3.8) is 0 Å². The minimum absolute atomic E-state index is 0.0528. The van der Waals surface area contributed by atoms with Crippen LogP contribution in [-0.2, 0) is 0 Å². The number of nitro groups is 1. The molecule has 0 fully saturated rings. The van der Waals surface area contributed by atoms with Gasteiger partial charge < -0.3 is 4.90 Å². The van der Waals surface area contributed by atoms with E-state index in [1.54, 1.807) is 36.2 Å². The average molecular weight is 254 g/mol. The minimum atomic E-state index is -0.493. The maximum absolute atomic E-state index is 10.6. The molecule has 0 radical (unpaired) electrons. The largest absolute Gasteiger partial charge is 0.329 e. The smallest absolute Gasteiger partial charge is 0.287 e. The van der Waals surface area contributed by atoms with Crippen molar-refractivity contribution in [1.82, 2.24) is 4.98 Å². The molecule has 0 saturated heterocycles. The first-order valence-electron chi connectivity index (χ1n) is 5.46. The summed E-state index contributed by atoms with van der Waals surface area (Å²) in [5.41, 5.74) is 1.29. The predicted octanol–water partition coefficient (Wildman–Crippen LogP) is 2.63. The molecule has 0 amide bonds. The molecule has 0 saturated carbocycles. The molecule has 6 heteroatoms. The Labute approximate surface area is 109 Å². The van der Waals surface area contributed by atoms with Crippen molar-refractivity contribution in [3.05, 3.63) is 58.3 Å². The summed E-state index contributed by atoms with van der Waals surface area (Å²) in [4.78, 5) is 15.8. The molecule has 6 nitrogen and oxygen atoms in total. The molecule has 0 aliphatic heterocycles. The lowest BCUT2D eigenvalue weighted by Gasteiger charge is -2.18. The van der Waals surface area contributed by atoms with Crippen LogP contribution in [-0.4, -0.2) is 17.0 Å². The van der Waals surface area contributed by atoms with E-state index in [0.717, 1.165) is 5.69 Å². The van der Waals surface area contributed by atoms with Gasteiger partial charge in [-0.25, -0.2) is 4.98 Å². The van der Waals surface area contributed by atoms with Crippen LogP contribution in [0.4, 0.5) is 17.2 Å². The van der Waals surface area contributed by atoms with Crippen LogP contribution in [0.2, 0.25) is 0 Å². The summed E-state index contributed by atoms with van der Waals surface area (Å²) in [6.45, 7) is 0. The van der Waals surface area contributed by atoms with Gasteiger partial charge in [0.25, 0.3) is 5.69 Å². The molecule has 0 bridgehead atoms. The van der Waals surface area contributed by atoms with Gasteiger partial charge in [-0.15, -0.1) is 0 Å². The van der Waals surface area contributed by atoms with Crippen LogP contribution in [0, 0.1) is 21.4 Å². The van der Waals surface area contributed by atoms with Gasteiger partial charge in [-0.1, -0.05) is 6.07 Å². The Morgan fingerprint density at radius 2 is 2.16 bits per heavy atom. The first-order chi connectivity index (χ1) is 9.11. The maximum Gasteiger partial charge on any atom is 0.287 e. The first-order valence-corrected chi connectivity index (χ1v) is 5.46. The molecule has 1 aromatic heterocycles. The zero-order valence-corrected chi connectivity index (χ0v) is 10.1. The van der Waals surface area contributed by atoms with Crippen molar-refractivity contribution in [1.29, 1.82) is 5.26 Å². The van der Waals surface area contributed by atoms with Crippen LogP contribution in [0.5, 0.6) is 0 Å². The Morgan fingerprint density at radius 1 is 1.37 bits per heavy atom. The summed E-state index contributed by atoms with van der Waals surface area (Å²) in [6, 6.07) is 12.1. The molecule has 0 unspecified atom stereocenters. The van der Waals surface area contributed by atoms with Gasteiger partial charge in [-0.3, -0.25) is 10.1 Å². The third kappa shape index (κ3) is 2.66. The summed E-state index contributed by atoms with van der Waals surface area (Å²) in [5, 5.41) is 19.4. The highest BCUT2D eigenvalue weighted by Gasteiger charge is 2.09. The van der Waals surface area contributed by atoms with E-state index in [-0.39, 0.29) is 5.69 Å². The van der Waals surface area contributed by atoms with Gasteiger partial charge in [0.2, 0.25) is 0 Å². The van der Waals surface area contributed by atoms with E-state index in [4.69, 9.17) is 5.26 Å². The Bertz CT molecular complexity index is 646. The Morgan fingerprint density at radius 3 is 2.74 bits per heavy atom. The first kappa shape index (κ1) is 12.5. The van der Waals surface area contributed by atoms with E-state index in [1.807, 2.05) is 6.07 Å². The molecule has 0 atom stereocenters. The second kappa shape index (κ2) is 5.14. The summed E-state index contributed by atoms with van der Waals surface area (Å²) < 4.78 is 0. The fourth-order valence-electron chi connectivity index (χ4n) is 1.60. The average Bonchev–Trinajstić information content (AvgIpc) is 2.46. The number of pyridine rings is 1. The van der Waals surface area contributed by atoms with Gasteiger partial charge in [-0.2, -0.15) is 5.26 Å². The van der Waals surface area contributed by atoms with Crippen molar-refractivity contribution in [3.8, 4) is 6.07 Å². The van der Waals surface area contributed by atoms with E-state index >= 15 is 0 Å². The van der Waals surface area contributed by atoms with Crippen LogP contribution >= 0.6 is 0 Å². The highest BCUT2D eigenvalue weighted by Crippen LogP contribution is 2.23. The summed E-state index contributed by atoms with van der Waals surface area (Å²) in [7, 11) is 1.78. The second-order valence-corrected chi connectivity index (χ2v) is 3.85. The monoisotopic (exact) mass is 254 g/mol. The van der Waals surface area contributed by atoms with Crippen LogP contribution in [0.1, 0.15) is 5.56 Å². The summed E-state index contributed by atoms with van der Waals surface area (Å²) in [6.07, 6.45) is 1.21. The van der Waals surface area contributed by atoms with Gasteiger partial charge in [0.1, 0.15) is 12.0 Å². The fourth-order valence-corrected chi connectivity index (χ4v) is 1.60. The SMILES string of the molecule is CN(c1cccc(C#N)c1)c1ccc([N+](=O)[O-])cn1. The van der Waals surface area contributed by atoms with Crippen molar-refractivity contribution in [2.45, 2.75) is 0 Å². The van der Waals surface area contributed by atoms with Crippen LogP contribution in [0.25, 0.3) is 0 Å². The van der Waals surface area contributed by atoms with E-state index in [1.165, 1.54) is 12.3 Å². The quantitative estimate of drug-likeness (QED) is 0.621. The minimum Gasteiger partial charge on any atom is -0.329 e. The molecule has 94 valence electrons. The van der Waals surface area contributed by atoms with Gasteiger partial charge in [-0.05, 0) is 24.3 Å². The number of aromatic nitrogens is 1. The molecule has 0 aliphatic rings. The zero-order valence-electron chi connectivity index (χ0n) is 10.1. The number of rotatable bonds is 3. The lowest BCUT2D eigenvalue weighted by Crippen LogP contribution is -2.11. The summed E-state index contributed by atoms with van der Waals surface area (Å²) in [5.74, 6) is 0.570. The van der Waals surface area contributed by atoms with Crippen LogP contribution < -0.4 is 4.90 Å². The van der Waals surface area contributed by atoms with Crippen molar-refractivity contribution >= 4 is 17.2 Å². The number of benzene rings is 1. The maximum atomic E-state index is 10.6. The van der Waals surface area contributed by atoms with Gasteiger partial charge in [0.15, 0.2) is 0 Å². The Kier molecular flexibility index (Phi) is 3.39. The molecule has 2 rings (SSSR count). The second-order valence-electron chi connectivity index (χ2n) is 3.85. The molecular formula is C13H10N4O2. The molecule has 1 aromatic carbocycles. The normalized spacial score (nSPS) is 9.68. The third-order valence-corrected chi connectivity index (χ3v) is 2.65. The topological polar surface area (TPSA) is 83.1 Å². The number of hydrogen-bond donors (Lipinski definition) is 0.